The smallest absolute Gasteiger partial charge is 0.399 e. The molecule has 1 aliphatic heterocycles. The molecule has 8 nitrogen and oxygen atoms in total. The summed E-state index contributed by atoms with van der Waals surface area (Å²) in [5.41, 5.74) is -14.1. The Kier molecular flexibility index (Phi) is 7.24. The first-order chi connectivity index (χ1) is 15.2. The topological polar surface area (TPSA) is 105 Å². The maximum absolute atomic E-state index is 13.1. The number of benzene rings is 1. The van der Waals surface area contributed by atoms with Crippen molar-refractivity contribution in [2.24, 2.45) is 0 Å². The lowest BCUT2D eigenvalue weighted by Crippen LogP contribution is -2.45. The SMILES string of the molecule is CC1(C)OB(c2cc(OS(=O)(=O)C(F)(F)F)c([Si](C)(C)C)c(OS(=O)(=O)C(F)(F)F)c2)OC1(C)C. The number of hydrogen-bond donors (Lipinski definition) is 0. The van der Waals surface area contributed by atoms with Crippen molar-refractivity contribution in [3.8, 4) is 11.5 Å². The quantitative estimate of drug-likeness (QED) is 0.222. The molecule has 1 aromatic carbocycles. The molecular formula is C17H23BF6O8S2Si. The van der Waals surface area contributed by atoms with E-state index in [0.29, 0.717) is 0 Å². The Morgan fingerprint density at radius 1 is 0.771 bits per heavy atom. The fraction of sp³-hybridized carbons (Fsp3) is 0.647. The number of alkyl halides is 6. The summed E-state index contributed by atoms with van der Waals surface area (Å²) < 4.78 is 145. The van der Waals surface area contributed by atoms with Gasteiger partial charge in [0.2, 0.25) is 0 Å². The summed E-state index contributed by atoms with van der Waals surface area (Å²) in [4.78, 5) is 0. The first-order valence-electron chi connectivity index (χ1n) is 9.77. The molecule has 0 spiro atoms. The van der Waals surface area contributed by atoms with Crippen LogP contribution in [0.5, 0.6) is 11.5 Å². The molecule has 1 heterocycles. The van der Waals surface area contributed by atoms with Crippen LogP contribution in [-0.2, 0) is 29.5 Å². The Morgan fingerprint density at radius 3 is 1.34 bits per heavy atom. The van der Waals surface area contributed by atoms with Crippen LogP contribution in [0.2, 0.25) is 19.6 Å². The predicted octanol–water partition coefficient (Wildman–Crippen LogP) is 2.99. The Labute approximate surface area is 200 Å². The van der Waals surface area contributed by atoms with Gasteiger partial charge in [-0.05, 0) is 45.3 Å². The lowest BCUT2D eigenvalue weighted by atomic mass is 9.79. The molecule has 0 atom stereocenters. The van der Waals surface area contributed by atoms with Gasteiger partial charge in [-0.1, -0.05) is 19.6 Å². The minimum absolute atomic E-state index is 0.328. The summed E-state index contributed by atoms with van der Waals surface area (Å²) in [6.45, 7) is 10.6. The molecule has 1 aromatic rings. The zero-order chi connectivity index (χ0) is 27.6. The van der Waals surface area contributed by atoms with Crippen molar-refractivity contribution in [1.82, 2.24) is 0 Å². The highest BCUT2D eigenvalue weighted by Crippen LogP contribution is 2.38. The van der Waals surface area contributed by atoms with Crippen molar-refractivity contribution in [1.29, 1.82) is 0 Å². The van der Waals surface area contributed by atoms with Crippen molar-refractivity contribution < 1.29 is 60.9 Å². The van der Waals surface area contributed by atoms with Gasteiger partial charge in [-0.25, -0.2) is 0 Å². The number of rotatable bonds is 6. The molecule has 1 saturated heterocycles. The summed E-state index contributed by atoms with van der Waals surface area (Å²) in [5, 5.41) is -0.557. The van der Waals surface area contributed by atoms with Gasteiger partial charge in [0.25, 0.3) is 0 Å². The largest absolute Gasteiger partial charge is 0.534 e. The molecule has 35 heavy (non-hydrogen) atoms. The highest BCUT2D eigenvalue weighted by Gasteiger charge is 2.54. The van der Waals surface area contributed by atoms with Gasteiger partial charge < -0.3 is 17.7 Å². The average Bonchev–Trinajstić information content (AvgIpc) is 2.78. The second-order valence-corrected chi connectivity index (χ2v) is 17.8. The Morgan fingerprint density at radius 2 is 1.09 bits per heavy atom. The molecule has 0 radical (unpaired) electrons. The summed E-state index contributed by atoms with van der Waals surface area (Å²) >= 11 is 0. The molecule has 2 rings (SSSR count). The normalized spacial score (nSPS) is 19.1. The highest BCUT2D eigenvalue weighted by atomic mass is 32.2. The second kappa shape index (κ2) is 8.53. The zero-order valence-corrected chi connectivity index (χ0v) is 22.2. The van der Waals surface area contributed by atoms with Crippen molar-refractivity contribution in [3.05, 3.63) is 12.1 Å². The lowest BCUT2D eigenvalue weighted by molar-refractivity contribution is -0.0502. The van der Waals surface area contributed by atoms with Gasteiger partial charge >= 0.3 is 38.4 Å². The van der Waals surface area contributed by atoms with Crippen LogP contribution in [0, 0.1) is 0 Å². The molecule has 0 unspecified atom stereocenters. The Hall–Kier alpha value is -1.50. The summed E-state index contributed by atoms with van der Waals surface area (Å²) in [6, 6.07) is 1.57. The summed E-state index contributed by atoms with van der Waals surface area (Å²) in [5.74, 6) is -2.11. The van der Waals surface area contributed by atoms with Crippen LogP contribution in [-0.4, -0.2) is 54.2 Å². The van der Waals surface area contributed by atoms with Gasteiger partial charge in [0.05, 0.1) is 19.3 Å². The molecule has 0 N–H and O–H groups in total. The minimum Gasteiger partial charge on any atom is -0.399 e. The molecule has 200 valence electrons. The van der Waals surface area contributed by atoms with Crippen LogP contribution in [0.3, 0.4) is 0 Å². The lowest BCUT2D eigenvalue weighted by Gasteiger charge is -2.32. The van der Waals surface area contributed by atoms with Crippen molar-refractivity contribution in [2.45, 2.75) is 69.6 Å². The van der Waals surface area contributed by atoms with Gasteiger partial charge in [-0.2, -0.15) is 43.2 Å². The zero-order valence-electron chi connectivity index (χ0n) is 19.6. The van der Waals surface area contributed by atoms with Crippen LogP contribution in [0.4, 0.5) is 26.3 Å². The van der Waals surface area contributed by atoms with E-state index < -0.39 is 74.3 Å². The fourth-order valence-electron chi connectivity index (χ4n) is 2.93. The van der Waals surface area contributed by atoms with E-state index in [-0.39, 0.29) is 5.46 Å². The van der Waals surface area contributed by atoms with Gasteiger partial charge in [-0.3, -0.25) is 0 Å². The Balaban J connectivity index is 2.86. The summed E-state index contributed by atoms with van der Waals surface area (Å²) in [6.07, 6.45) is 0. The van der Waals surface area contributed by atoms with Crippen molar-refractivity contribution in [3.63, 3.8) is 0 Å². The first kappa shape index (κ1) is 29.7. The van der Waals surface area contributed by atoms with E-state index in [9.17, 15) is 43.2 Å². The second-order valence-electron chi connectivity index (χ2n) is 9.70. The van der Waals surface area contributed by atoms with Crippen molar-refractivity contribution >= 4 is 46.1 Å². The predicted molar refractivity (Wildman–Crippen MR) is 116 cm³/mol. The van der Waals surface area contributed by atoms with Crippen LogP contribution in [0.25, 0.3) is 0 Å². The van der Waals surface area contributed by atoms with E-state index in [2.05, 4.69) is 8.37 Å². The van der Waals surface area contributed by atoms with Gasteiger partial charge in [0.1, 0.15) is 11.5 Å². The van der Waals surface area contributed by atoms with E-state index in [0.717, 1.165) is 12.1 Å². The summed E-state index contributed by atoms with van der Waals surface area (Å²) in [7, 11) is -17.2. The maximum atomic E-state index is 13.1. The third kappa shape index (κ3) is 5.91. The molecule has 0 aromatic heterocycles. The third-order valence-corrected chi connectivity index (χ3v) is 9.25. The Bertz CT molecular complexity index is 1120. The molecule has 0 amide bonds. The van der Waals surface area contributed by atoms with Crippen LogP contribution in [0.1, 0.15) is 27.7 Å². The van der Waals surface area contributed by atoms with Gasteiger partial charge in [0, 0.05) is 5.19 Å². The standard InChI is InChI=1S/C17H23BF6O8S2Si/c1-14(2)15(3,4)32-18(31-14)10-8-11(29-33(25,26)16(19,20)21)13(35(5,6)7)12(9-10)30-34(27,28)17(22,23)24/h8-9H,1-7H3. The molecule has 0 saturated carbocycles. The molecule has 0 bridgehead atoms. The van der Waals surface area contributed by atoms with Gasteiger partial charge in [0.15, 0.2) is 0 Å². The van der Waals surface area contributed by atoms with E-state index in [1.165, 1.54) is 19.6 Å². The fourth-order valence-corrected chi connectivity index (χ4v) is 5.72. The van der Waals surface area contributed by atoms with Crippen LogP contribution in [0.15, 0.2) is 12.1 Å². The van der Waals surface area contributed by atoms with Crippen LogP contribution >= 0.6 is 0 Å². The third-order valence-electron chi connectivity index (χ3n) is 5.33. The molecule has 1 fully saturated rings. The molecular weight excluding hydrogens is 549 g/mol. The van der Waals surface area contributed by atoms with E-state index in [1.807, 2.05) is 0 Å². The molecule has 0 aliphatic carbocycles. The van der Waals surface area contributed by atoms with Crippen molar-refractivity contribution in [2.75, 3.05) is 0 Å². The number of halogens is 6. The number of hydrogen-bond acceptors (Lipinski definition) is 8. The molecule has 18 heteroatoms. The van der Waals surface area contributed by atoms with Gasteiger partial charge in [-0.15, -0.1) is 0 Å². The average molecular weight is 572 g/mol. The first-order valence-corrected chi connectivity index (χ1v) is 16.1. The van der Waals surface area contributed by atoms with E-state index >= 15 is 0 Å². The maximum Gasteiger partial charge on any atom is 0.534 e. The monoisotopic (exact) mass is 572 g/mol. The molecule has 1 aliphatic rings. The van der Waals surface area contributed by atoms with E-state index in [4.69, 9.17) is 9.31 Å². The van der Waals surface area contributed by atoms with Crippen LogP contribution < -0.4 is 19.0 Å². The minimum atomic E-state index is -6.30. The van der Waals surface area contributed by atoms with E-state index in [1.54, 1.807) is 27.7 Å². The highest BCUT2D eigenvalue weighted by molar-refractivity contribution is 7.88.